The average molecular weight is 232 g/mol. The molecule has 0 aliphatic carbocycles. The highest BCUT2D eigenvalue weighted by atomic mass is 16.5. The molecule has 0 radical (unpaired) electrons. The van der Waals surface area contributed by atoms with E-state index in [4.69, 9.17) is 10.6 Å². The van der Waals surface area contributed by atoms with Gasteiger partial charge >= 0.3 is 0 Å². The highest BCUT2D eigenvalue weighted by Gasteiger charge is 2.19. The minimum Gasteiger partial charge on any atom is -0.381 e. The van der Waals surface area contributed by atoms with Gasteiger partial charge in [0.15, 0.2) is 0 Å². The van der Waals surface area contributed by atoms with Gasteiger partial charge in [0.05, 0.1) is 16.7 Å². The van der Waals surface area contributed by atoms with Crippen LogP contribution in [0.4, 0.5) is 5.69 Å². The van der Waals surface area contributed by atoms with E-state index < -0.39 is 0 Å². The van der Waals surface area contributed by atoms with Crippen LogP contribution in [-0.2, 0) is 4.74 Å². The normalized spacial score (nSPS) is 17.5. The fourth-order valence-electron chi connectivity index (χ4n) is 2.28. The van der Waals surface area contributed by atoms with E-state index >= 15 is 0 Å². The van der Waals surface area contributed by atoms with E-state index in [1.807, 2.05) is 18.2 Å². The van der Waals surface area contributed by atoms with Crippen molar-refractivity contribution in [2.45, 2.75) is 18.8 Å². The summed E-state index contributed by atoms with van der Waals surface area (Å²) in [5.74, 6) is 6.95. The molecule has 90 valence electrons. The van der Waals surface area contributed by atoms with E-state index in [0.29, 0.717) is 5.92 Å². The molecular formula is C12H16N4O. The summed E-state index contributed by atoms with van der Waals surface area (Å²) >= 11 is 0. The number of fused-ring (bicyclic) bond motifs is 1. The zero-order valence-electron chi connectivity index (χ0n) is 9.57. The van der Waals surface area contributed by atoms with Crippen molar-refractivity contribution in [3.05, 3.63) is 24.0 Å². The summed E-state index contributed by atoms with van der Waals surface area (Å²) in [6.07, 6.45) is 2.09. The minimum atomic E-state index is 0.491. The topological polar surface area (TPSA) is 76.0 Å². The van der Waals surface area contributed by atoms with Crippen LogP contribution in [0, 0.1) is 0 Å². The molecule has 1 aliphatic heterocycles. The van der Waals surface area contributed by atoms with Gasteiger partial charge < -0.3 is 15.1 Å². The molecule has 3 rings (SSSR count). The van der Waals surface area contributed by atoms with Crippen LogP contribution in [0.5, 0.6) is 0 Å². The second kappa shape index (κ2) is 4.35. The molecule has 5 nitrogen and oxygen atoms in total. The minimum absolute atomic E-state index is 0.491. The number of aromatic nitrogens is 2. The van der Waals surface area contributed by atoms with Crippen LogP contribution in [-0.4, -0.2) is 23.2 Å². The third-order valence-electron chi connectivity index (χ3n) is 3.27. The lowest BCUT2D eigenvalue weighted by atomic mass is 10.00. The Hall–Kier alpha value is -1.59. The summed E-state index contributed by atoms with van der Waals surface area (Å²) in [5.41, 5.74) is 5.55. The molecule has 1 aromatic heterocycles. The summed E-state index contributed by atoms with van der Waals surface area (Å²) in [7, 11) is 0. The van der Waals surface area contributed by atoms with E-state index in [2.05, 4.69) is 15.4 Å². The fourth-order valence-corrected chi connectivity index (χ4v) is 2.28. The Kier molecular flexibility index (Phi) is 2.70. The number of hydrogen-bond acceptors (Lipinski definition) is 4. The van der Waals surface area contributed by atoms with Gasteiger partial charge in [0, 0.05) is 19.1 Å². The first kappa shape index (κ1) is 10.6. The maximum Gasteiger partial charge on any atom is 0.110 e. The SMILES string of the molecule is NNc1ccc2nc(C3CCOCC3)[nH]c2c1. The number of hydrogen-bond donors (Lipinski definition) is 3. The Morgan fingerprint density at radius 1 is 1.35 bits per heavy atom. The van der Waals surface area contributed by atoms with E-state index in [1.165, 1.54) is 0 Å². The number of rotatable bonds is 2. The van der Waals surface area contributed by atoms with Crippen LogP contribution in [0.1, 0.15) is 24.6 Å². The van der Waals surface area contributed by atoms with Crippen LogP contribution in [0.3, 0.4) is 0 Å². The molecule has 0 amide bonds. The van der Waals surface area contributed by atoms with Gasteiger partial charge in [-0.25, -0.2) is 4.98 Å². The number of hydrazine groups is 1. The van der Waals surface area contributed by atoms with Crippen LogP contribution in [0.15, 0.2) is 18.2 Å². The number of nitrogens with one attached hydrogen (secondary N) is 2. The molecule has 0 unspecified atom stereocenters. The number of H-pyrrole nitrogens is 1. The first-order valence-corrected chi connectivity index (χ1v) is 5.91. The van der Waals surface area contributed by atoms with E-state index in [1.54, 1.807) is 0 Å². The van der Waals surface area contributed by atoms with Crippen molar-refractivity contribution in [1.29, 1.82) is 0 Å². The van der Waals surface area contributed by atoms with Crippen LogP contribution >= 0.6 is 0 Å². The molecule has 5 heteroatoms. The molecule has 0 spiro atoms. The van der Waals surface area contributed by atoms with Gasteiger partial charge in [-0.15, -0.1) is 0 Å². The van der Waals surface area contributed by atoms with Crippen molar-refractivity contribution in [3.8, 4) is 0 Å². The van der Waals surface area contributed by atoms with Gasteiger partial charge in [-0.05, 0) is 31.0 Å². The maximum absolute atomic E-state index is 5.39. The first-order valence-electron chi connectivity index (χ1n) is 5.91. The highest BCUT2D eigenvalue weighted by molar-refractivity contribution is 5.79. The lowest BCUT2D eigenvalue weighted by molar-refractivity contribution is 0.0838. The molecule has 1 aromatic carbocycles. The Labute approximate surface area is 99.3 Å². The number of imidazole rings is 1. The third kappa shape index (κ3) is 1.99. The smallest absolute Gasteiger partial charge is 0.110 e. The van der Waals surface area contributed by atoms with Crippen molar-refractivity contribution < 1.29 is 4.74 Å². The summed E-state index contributed by atoms with van der Waals surface area (Å²) in [6, 6.07) is 5.88. The highest BCUT2D eigenvalue weighted by Crippen LogP contribution is 2.27. The lowest BCUT2D eigenvalue weighted by Gasteiger charge is -2.19. The molecule has 2 aromatic rings. The zero-order chi connectivity index (χ0) is 11.7. The van der Waals surface area contributed by atoms with Gasteiger partial charge in [-0.1, -0.05) is 0 Å². The number of benzene rings is 1. The molecule has 0 atom stereocenters. The number of anilines is 1. The quantitative estimate of drug-likeness (QED) is 0.544. The molecular weight excluding hydrogens is 216 g/mol. The molecule has 0 bridgehead atoms. The van der Waals surface area contributed by atoms with E-state index in [9.17, 15) is 0 Å². The summed E-state index contributed by atoms with van der Waals surface area (Å²) in [6.45, 7) is 1.66. The molecule has 17 heavy (non-hydrogen) atoms. The van der Waals surface area contributed by atoms with Crippen LogP contribution < -0.4 is 11.3 Å². The molecule has 1 fully saturated rings. The van der Waals surface area contributed by atoms with E-state index in [-0.39, 0.29) is 0 Å². The monoisotopic (exact) mass is 232 g/mol. The van der Waals surface area contributed by atoms with Crippen LogP contribution in [0.25, 0.3) is 11.0 Å². The lowest BCUT2D eigenvalue weighted by Crippen LogP contribution is -2.15. The molecule has 4 N–H and O–H groups in total. The largest absolute Gasteiger partial charge is 0.381 e. The van der Waals surface area contributed by atoms with E-state index in [0.717, 1.165) is 48.6 Å². The van der Waals surface area contributed by atoms with Gasteiger partial charge in [-0.3, -0.25) is 5.84 Å². The second-order valence-corrected chi connectivity index (χ2v) is 4.38. The average Bonchev–Trinajstić information content (AvgIpc) is 2.82. The summed E-state index contributed by atoms with van der Waals surface area (Å²) < 4.78 is 5.36. The number of ether oxygens (including phenoxy) is 1. The molecule has 2 heterocycles. The summed E-state index contributed by atoms with van der Waals surface area (Å²) in [4.78, 5) is 8.01. The van der Waals surface area contributed by atoms with Gasteiger partial charge in [0.1, 0.15) is 5.82 Å². The standard InChI is InChI=1S/C12H16N4O/c13-16-9-1-2-10-11(7-9)15-12(14-10)8-3-5-17-6-4-8/h1-2,7-8,16H,3-6,13H2,(H,14,15). The molecule has 0 saturated carbocycles. The van der Waals surface area contributed by atoms with Crippen molar-refractivity contribution in [1.82, 2.24) is 9.97 Å². The predicted molar refractivity (Wildman–Crippen MR) is 66.7 cm³/mol. The maximum atomic E-state index is 5.39. The van der Waals surface area contributed by atoms with Gasteiger partial charge in [0.2, 0.25) is 0 Å². The fraction of sp³-hybridized carbons (Fsp3) is 0.417. The van der Waals surface area contributed by atoms with Gasteiger partial charge in [-0.2, -0.15) is 0 Å². The Bertz CT molecular complexity index is 516. The number of aromatic amines is 1. The molecule has 1 aliphatic rings. The second-order valence-electron chi connectivity index (χ2n) is 4.38. The summed E-state index contributed by atoms with van der Waals surface area (Å²) in [5, 5.41) is 0. The Morgan fingerprint density at radius 2 is 2.18 bits per heavy atom. The number of nitrogens with zero attached hydrogens (tertiary/aromatic N) is 1. The first-order chi connectivity index (χ1) is 8.36. The van der Waals surface area contributed by atoms with Crippen molar-refractivity contribution in [2.24, 2.45) is 5.84 Å². The Balaban J connectivity index is 1.95. The zero-order valence-corrected chi connectivity index (χ0v) is 9.57. The Morgan fingerprint density at radius 3 is 2.94 bits per heavy atom. The van der Waals surface area contributed by atoms with Crippen molar-refractivity contribution in [3.63, 3.8) is 0 Å². The predicted octanol–water partition coefficient (Wildman–Crippen LogP) is 1.74. The van der Waals surface area contributed by atoms with Crippen LogP contribution in [0.2, 0.25) is 0 Å². The van der Waals surface area contributed by atoms with Crippen molar-refractivity contribution in [2.75, 3.05) is 18.6 Å². The van der Waals surface area contributed by atoms with Crippen molar-refractivity contribution >= 4 is 16.7 Å². The number of nitrogens with two attached hydrogens (primary N) is 1. The third-order valence-corrected chi connectivity index (χ3v) is 3.27. The molecule has 1 saturated heterocycles. The number of nitrogen functional groups attached to an aromatic ring is 1. The van der Waals surface area contributed by atoms with Gasteiger partial charge in [0.25, 0.3) is 0 Å².